The summed E-state index contributed by atoms with van der Waals surface area (Å²) in [5.41, 5.74) is 2.43. The number of nitrogens with zero attached hydrogens (tertiary/aromatic N) is 3. The molecule has 0 N–H and O–H groups in total. The second-order valence-corrected chi connectivity index (χ2v) is 11.3. The van der Waals surface area contributed by atoms with E-state index in [0.29, 0.717) is 12.5 Å². The lowest BCUT2D eigenvalue weighted by atomic mass is 10.1. The normalized spacial score (nSPS) is 16.0. The van der Waals surface area contributed by atoms with Gasteiger partial charge in [-0.2, -0.15) is 11.8 Å². The molecule has 0 spiro atoms. The molecular formula is C25H43N3O3S2. The maximum atomic E-state index is 12.6. The Kier molecular flexibility index (Phi) is 12.4. The lowest BCUT2D eigenvalue weighted by molar-refractivity contribution is -0.138. The highest BCUT2D eigenvalue weighted by Crippen LogP contribution is 2.33. The van der Waals surface area contributed by atoms with Gasteiger partial charge in [0.05, 0.1) is 13.7 Å². The molecule has 2 rings (SSSR count). The maximum absolute atomic E-state index is 12.6. The summed E-state index contributed by atoms with van der Waals surface area (Å²) in [4.78, 5) is 18.3. The number of methoxy groups -OCH3 is 1. The van der Waals surface area contributed by atoms with Crippen molar-refractivity contribution in [2.45, 2.75) is 45.6 Å². The molecule has 1 aromatic rings. The van der Waals surface area contributed by atoms with Crippen molar-refractivity contribution in [2.75, 3.05) is 71.6 Å². The summed E-state index contributed by atoms with van der Waals surface area (Å²) in [6.07, 6.45) is 2.13. The number of amides is 1. The Morgan fingerprint density at radius 2 is 1.76 bits per heavy atom. The molecule has 1 aliphatic rings. The number of ether oxygens (including phenoxy) is 2. The number of thioether (sulfide) groups is 1. The molecule has 8 heteroatoms. The van der Waals surface area contributed by atoms with Gasteiger partial charge in [0.1, 0.15) is 12.4 Å². The van der Waals surface area contributed by atoms with Gasteiger partial charge in [0.15, 0.2) is 0 Å². The number of carbonyl (C=O) groups is 1. The van der Waals surface area contributed by atoms with Crippen LogP contribution in [-0.2, 0) is 9.53 Å². The lowest BCUT2D eigenvalue weighted by Crippen LogP contribution is -2.50. The number of benzene rings is 1. The molecule has 1 heterocycles. The summed E-state index contributed by atoms with van der Waals surface area (Å²) in [6.45, 7) is 17.2. The second kappa shape index (κ2) is 14.5. The molecule has 0 bridgehead atoms. The first-order valence-electron chi connectivity index (χ1n) is 11.9. The van der Waals surface area contributed by atoms with Gasteiger partial charge in [0.2, 0.25) is 5.91 Å². The highest BCUT2D eigenvalue weighted by molar-refractivity contribution is 7.99. The molecule has 0 aliphatic carbocycles. The minimum Gasteiger partial charge on any atom is -0.497 e. The van der Waals surface area contributed by atoms with Crippen LogP contribution in [-0.4, -0.2) is 97.7 Å². The zero-order valence-electron chi connectivity index (χ0n) is 21.6. The zero-order valence-corrected chi connectivity index (χ0v) is 23.2. The number of carbonyl (C=O) groups excluding carboxylic acids is 1. The number of rotatable bonds is 13. The molecule has 1 atom stereocenters. The Hall–Kier alpha value is -0.930. The SMILES string of the molecule is COc1cc(C)c(SN(CCSC)C(C)COCC(=O)N2CCN(CC(C)C)CC2)c(C)c1. The number of piperazine rings is 1. The van der Waals surface area contributed by atoms with Gasteiger partial charge in [-0.15, -0.1) is 0 Å². The van der Waals surface area contributed by atoms with E-state index in [0.717, 1.165) is 50.8 Å². The maximum Gasteiger partial charge on any atom is 0.248 e. The first-order chi connectivity index (χ1) is 15.7. The Balaban J connectivity index is 1.86. The van der Waals surface area contributed by atoms with Crippen molar-refractivity contribution in [3.63, 3.8) is 0 Å². The standard InChI is InChI=1S/C25H43N3O3S2/c1-19(2)16-26-8-10-27(11-9-26)24(29)18-31-17-22(5)28(12-13-32-7)33-25-20(3)14-23(30-6)15-21(25)4/h14-15,19,22H,8-13,16-18H2,1-7H3. The van der Waals surface area contributed by atoms with Crippen molar-refractivity contribution < 1.29 is 14.3 Å². The summed E-state index contributed by atoms with van der Waals surface area (Å²) in [5, 5.41) is 0. The van der Waals surface area contributed by atoms with Crippen molar-refractivity contribution in [1.29, 1.82) is 0 Å². The lowest BCUT2D eigenvalue weighted by Gasteiger charge is -2.35. The van der Waals surface area contributed by atoms with Crippen LogP contribution in [0.5, 0.6) is 5.75 Å². The molecule has 1 aliphatic heterocycles. The average Bonchev–Trinajstić information content (AvgIpc) is 2.77. The summed E-state index contributed by atoms with van der Waals surface area (Å²) >= 11 is 3.63. The fraction of sp³-hybridized carbons (Fsp3) is 0.720. The predicted octanol–water partition coefficient (Wildman–Crippen LogP) is 4.19. The molecule has 1 saturated heterocycles. The van der Waals surface area contributed by atoms with Gasteiger partial charge in [-0.3, -0.25) is 9.69 Å². The highest BCUT2D eigenvalue weighted by atomic mass is 32.2. The Labute approximate surface area is 209 Å². The average molecular weight is 498 g/mol. The fourth-order valence-electron chi connectivity index (χ4n) is 4.01. The number of hydrogen-bond acceptors (Lipinski definition) is 7. The monoisotopic (exact) mass is 497 g/mol. The van der Waals surface area contributed by atoms with Crippen molar-refractivity contribution in [2.24, 2.45) is 5.92 Å². The summed E-state index contributed by atoms with van der Waals surface area (Å²) in [7, 11) is 1.71. The van der Waals surface area contributed by atoms with E-state index in [1.165, 1.54) is 16.0 Å². The number of hydrogen-bond donors (Lipinski definition) is 0. The van der Waals surface area contributed by atoms with Gasteiger partial charge < -0.3 is 14.4 Å². The van der Waals surface area contributed by atoms with Crippen molar-refractivity contribution in [3.8, 4) is 5.75 Å². The van der Waals surface area contributed by atoms with Crippen LogP contribution in [0, 0.1) is 19.8 Å². The smallest absolute Gasteiger partial charge is 0.248 e. The van der Waals surface area contributed by atoms with Crippen molar-refractivity contribution in [1.82, 2.24) is 14.1 Å². The first-order valence-corrected chi connectivity index (χ1v) is 14.1. The van der Waals surface area contributed by atoms with Crippen LogP contribution < -0.4 is 4.74 Å². The van der Waals surface area contributed by atoms with E-state index in [1.54, 1.807) is 19.1 Å². The van der Waals surface area contributed by atoms with E-state index >= 15 is 0 Å². The van der Waals surface area contributed by atoms with Crippen LogP contribution in [0.1, 0.15) is 31.9 Å². The summed E-state index contributed by atoms with van der Waals surface area (Å²) in [5.74, 6) is 2.71. The fourth-order valence-corrected chi connectivity index (χ4v) is 5.57. The van der Waals surface area contributed by atoms with E-state index in [4.69, 9.17) is 9.47 Å². The molecule has 1 aromatic carbocycles. The molecule has 1 amide bonds. The predicted molar refractivity (Wildman–Crippen MR) is 142 cm³/mol. The molecule has 6 nitrogen and oxygen atoms in total. The quantitative estimate of drug-likeness (QED) is 0.379. The summed E-state index contributed by atoms with van der Waals surface area (Å²) in [6, 6.07) is 4.37. The largest absolute Gasteiger partial charge is 0.497 e. The van der Waals surface area contributed by atoms with Crippen LogP contribution in [0.2, 0.25) is 0 Å². The van der Waals surface area contributed by atoms with Crippen LogP contribution in [0.3, 0.4) is 0 Å². The van der Waals surface area contributed by atoms with E-state index in [2.05, 4.69) is 62.2 Å². The van der Waals surface area contributed by atoms with E-state index in [-0.39, 0.29) is 18.6 Å². The van der Waals surface area contributed by atoms with Crippen molar-refractivity contribution in [3.05, 3.63) is 23.3 Å². The minimum atomic E-state index is 0.108. The van der Waals surface area contributed by atoms with Gasteiger partial charge in [0.25, 0.3) is 0 Å². The topological polar surface area (TPSA) is 45.3 Å². The van der Waals surface area contributed by atoms with Crippen LogP contribution in [0.4, 0.5) is 0 Å². The van der Waals surface area contributed by atoms with E-state index < -0.39 is 0 Å². The second-order valence-electron chi connectivity index (χ2n) is 9.25. The van der Waals surface area contributed by atoms with Gasteiger partial charge in [0, 0.05) is 56.0 Å². The minimum absolute atomic E-state index is 0.108. The van der Waals surface area contributed by atoms with Crippen LogP contribution in [0.15, 0.2) is 17.0 Å². The first kappa shape index (κ1) is 28.3. The molecule has 0 saturated carbocycles. The molecule has 33 heavy (non-hydrogen) atoms. The van der Waals surface area contributed by atoms with Gasteiger partial charge in [-0.05, 0) is 68.2 Å². The van der Waals surface area contributed by atoms with Crippen LogP contribution >= 0.6 is 23.7 Å². The zero-order chi connectivity index (χ0) is 24.4. The third kappa shape index (κ3) is 9.32. The van der Waals surface area contributed by atoms with Gasteiger partial charge in [-0.1, -0.05) is 13.8 Å². The summed E-state index contributed by atoms with van der Waals surface area (Å²) < 4.78 is 13.7. The third-order valence-corrected chi connectivity index (χ3v) is 8.01. The van der Waals surface area contributed by atoms with Crippen LogP contribution in [0.25, 0.3) is 0 Å². The molecule has 188 valence electrons. The molecular weight excluding hydrogens is 454 g/mol. The molecule has 1 unspecified atom stereocenters. The highest BCUT2D eigenvalue weighted by Gasteiger charge is 2.23. The molecule has 0 aromatic heterocycles. The Morgan fingerprint density at radius 3 is 2.30 bits per heavy atom. The van der Waals surface area contributed by atoms with Crippen molar-refractivity contribution >= 4 is 29.6 Å². The molecule has 1 fully saturated rings. The molecule has 0 radical (unpaired) electrons. The van der Waals surface area contributed by atoms with E-state index in [1.807, 2.05) is 16.7 Å². The Bertz CT molecular complexity index is 717. The number of aryl methyl sites for hydroxylation is 2. The Morgan fingerprint density at radius 1 is 1.12 bits per heavy atom. The van der Waals surface area contributed by atoms with Gasteiger partial charge in [-0.25, -0.2) is 4.31 Å². The van der Waals surface area contributed by atoms with E-state index in [9.17, 15) is 4.79 Å². The third-order valence-electron chi connectivity index (χ3n) is 5.82. The van der Waals surface area contributed by atoms with Gasteiger partial charge >= 0.3 is 0 Å².